The van der Waals surface area contributed by atoms with Gasteiger partial charge in [0.2, 0.25) is 5.91 Å². The minimum atomic E-state index is -0.453. The molecule has 3 amide bonds. The molecular formula is C22H17N3O4. The van der Waals surface area contributed by atoms with Gasteiger partial charge in [0, 0.05) is 31.4 Å². The highest BCUT2D eigenvalue weighted by Gasteiger charge is 2.32. The van der Waals surface area contributed by atoms with Crippen molar-refractivity contribution < 1.29 is 14.4 Å². The summed E-state index contributed by atoms with van der Waals surface area (Å²) in [5.41, 5.74) is 1.94. The third-order valence-corrected chi connectivity index (χ3v) is 4.93. The quantitative estimate of drug-likeness (QED) is 0.552. The Morgan fingerprint density at radius 1 is 0.931 bits per heavy atom. The summed E-state index contributed by atoms with van der Waals surface area (Å²) in [6.07, 6.45) is 2.72. The van der Waals surface area contributed by atoms with E-state index in [1.54, 1.807) is 19.2 Å². The van der Waals surface area contributed by atoms with Crippen LogP contribution in [-0.2, 0) is 11.8 Å². The Labute approximate surface area is 165 Å². The lowest BCUT2D eigenvalue weighted by atomic mass is 10.1. The lowest BCUT2D eigenvalue weighted by Gasteiger charge is -2.06. The van der Waals surface area contributed by atoms with Gasteiger partial charge < -0.3 is 9.88 Å². The highest BCUT2D eigenvalue weighted by Crippen LogP contribution is 2.24. The predicted molar refractivity (Wildman–Crippen MR) is 110 cm³/mol. The fourth-order valence-electron chi connectivity index (χ4n) is 3.36. The number of nitrogens with zero attached hydrogens (tertiary/aromatic N) is 2. The molecule has 0 bridgehead atoms. The van der Waals surface area contributed by atoms with Crippen LogP contribution in [0.2, 0.25) is 0 Å². The van der Waals surface area contributed by atoms with Crippen LogP contribution in [0.15, 0.2) is 59.4 Å². The van der Waals surface area contributed by atoms with Gasteiger partial charge >= 0.3 is 0 Å². The normalized spacial score (nSPS) is 13.4. The highest BCUT2D eigenvalue weighted by atomic mass is 16.2. The molecule has 1 aromatic heterocycles. The summed E-state index contributed by atoms with van der Waals surface area (Å²) in [5.74, 6) is -1.23. The van der Waals surface area contributed by atoms with Crippen molar-refractivity contribution in [2.45, 2.75) is 0 Å². The van der Waals surface area contributed by atoms with E-state index in [0.717, 1.165) is 15.8 Å². The maximum atomic E-state index is 12.5. The standard InChI is InChI=1S/C22H17N3O4/c1-24-18-6-4-3-5-13(18)11-14(20(24)27)7-10-19(26)23-15-8-9-16-17(12-15)22(29)25(2)21(16)28/h3-12H,1-2H3,(H,23,26)/b10-7+. The van der Waals surface area contributed by atoms with Crippen molar-refractivity contribution in [2.75, 3.05) is 12.4 Å². The van der Waals surface area contributed by atoms with Crippen LogP contribution in [0.4, 0.5) is 5.69 Å². The van der Waals surface area contributed by atoms with Gasteiger partial charge in [-0.05, 0) is 41.8 Å². The summed E-state index contributed by atoms with van der Waals surface area (Å²) in [6.45, 7) is 0. The van der Waals surface area contributed by atoms with Crippen molar-refractivity contribution in [2.24, 2.45) is 7.05 Å². The molecule has 0 spiro atoms. The number of fused-ring (bicyclic) bond motifs is 2. The number of imide groups is 1. The van der Waals surface area contributed by atoms with Crippen molar-refractivity contribution in [1.29, 1.82) is 0 Å². The number of hydrogen-bond acceptors (Lipinski definition) is 4. The number of rotatable bonds is 3. The number of nitrogens with one attached hydrogen (secondary N) is 1. The highest BCUT2D eigenvalue weighted by molar-refractivity contribution is 6.21. The maximum Gasteiger partial charge on any atom is 0.261 e. The Kier molecular flexibility index (Phi) is 4.35. The molecule has 29 heavy (non-hydrogen) atoms. The maximum absolute atomic E-state index is 12.5. The zero-order chi connectivity index (χ0) is 20.7. The van der Waals surface area contributed by atoms with Crippen molar-refractivity contribution >= 4 is 40.4 Å². The topological polar surface area (TPSA) is 88.5 Å². The van der Waals surface area contributed by atoms with Gasteiger partial charge in [-0.2, -0.15) is 0 Å². The average Bonchev–Trinajstić information content (AvgIpc) is 2.93. The molecular weight excluding hydrogens is 370 g/mol. The number of anilines is 1. The monoisotopic (exact) mass is 387 g/mol. The number of amides is 3. The summed E-state index contributed by atoms with van der Waals surface area (Å²) < 4.78 is 1.53. The van der Waals surface area contributed by atoms with Crippen LogP contribution in [0.5, 0.6) is 0 Å². The largest absolute Gasteiger partial charge is 0.322 e. The van der Waals surface area contributed by atoms with Crippen LogP contribution < -0.4 is 10.9 Å². The van der Waals surface area contributed by atoms with E-state index in [0.29, 0.717) is 16.8 Å². The first-order valence-corrected chi connectivity index (χ1v) is 8.91. The van der Waals surface area contributed by atoms with Gasteiger partial charge in [0.1, 0.15) is 0 Å². The minimum Gasteiger partial charge on any atom is -0.322 e. The summed E-state index contributed by atoms with van der Waals surface area (Å²) in [4.78, 5) is 49.8. The molecule has 2 aromatic carbocycles. The first kappa shape index (κ1) is 18.4. The Bertz CT molecular complexity index is 1290. The number of hydrogen-bond donors (Lipinski definition) is 1. The molecule has 7 heteroatoms. The SMILES string of the molecule is CN1C(=O)c2ccc(NC(=O)/C=C/c3cc4ccccc4n(C)c3=O)cc2C1=O. The zero-order valence-electron chi connectivity index (χ0n) is 15.8. The van der Waals surface area contributed by atoms with E-state index in [-0.39, 0.29) is 17.0 Å². The van der Waals surface area contributed by atoms with Gasteiger partial charge in [-0.15, -0.1) is 0 Å². The van der Waals surface area contributed by atoms with Crippen molar-refractivity contribution in [3.05, 3.63) is 81.7 Å². The summed E-state index contributed by atoms with van der Waals surface area (Å²) >= 11 is 0. The van der Waals surface area contributed by atoms with Gasteiger partial charge in [-0.25, -0.2) is 0 Å². The van der Waals surface area contributed by atoms with Crippen LogP contribution in [0, 0.1) is 0 Å². The van der Waals surface area contributed by atoms with Gasteiger partial charge in [-0.3, -0.25) is 24.1 Å². The van der Waals surface area contributed by atoms with Crippen LogP contribution in [0.1, 0.15) is 26.3 Å². The first-order valence-electron chi connectivity index (χ1n) is 8.91. The Morgan fingerprint density at radius 2 is 1.66 bits per heavy atom. The predicted octanol–water partition coefficient (Wildman–Crippen LogP) is 2.42. The number of pyridine rings is 1. The molecule has 4 rings (SSSR count). The molecule has 144 valence electrons. The lowest BCUT2D eigenvalue weighted by Crippen LogP contribution is -2.24. The lowest BCUT2D eigenvalue weighted by molar-refractivity contribution is -0.111. The fraction of sp³-hybridized carbons (Fsp3) is 0.0909. The smallest absolute Gasteiger partial charge is 0.261 e. The van der Waals surface area contributed by atoms with Crippen molar-refractivity contribution in [1.82, 2.24) is 9.47 Å². The van der Waals surface area contributed by atoms with Gasteiger partial charge in [0.25, 0.3) is 17.4 Å². The molecule has 0 fully saturated rings. The first-order chi connectivity index (χ1) is 13.9. The molecule has 0 saturated carbocycles. The van der Waals surface area contributed by atoms with E-state index < -0.39 is 11.8 Å². The van der Waals surface area contributed by atoms with E-state index in [1.807, 2.05) is 24.3 Å². The number of benzene rings is 2. The van der Waals surface area contributed by atoms with E-state index >= 15 is 0 Å². The fourth-order valence-corrected chi connectivity index (χ4v) is 3.36. The second kappa shape index (κ2) is 6.87. The van der Waals surface area contributed by atoms with Crippen molar-refractivity contribution in [3.8, 4) is 0 Å². The number of carbonyl (C=O) groups is 3. The van der Waals surface area contributed by atoms with E-state index in [4.69, 9.17) is 0 Å². The van der Waals surface area contributed by atoms with Gasteiger partial charge in [0.05, 0.1) is 16.6 Å². The number of carbonyl (C=O) groups excluding carboxylic acids is 3. The molecule has 1 aliphatic heterocycles. The minimum absolute atomic E-state index is 0.211. The number of para-hydroxylation sites is 1. The molecule has 1 aliphatic rings. The molecule has 0 radical (unpaired) electrons. The zero-order valence-corrected chi connectivity index (χ0v) is 15.8. The number of aromatic nitrogens is 1. The molecule has 7 nitrogen and oxygen atoms in total. The van der Waals surface area contributed by atoms with Gasteiger partial charge in [0.15, 0.2) is 0 Å². The van der Waals surface area contributed by atoms with Crippen LogP contribution in [0.25, 0.3) is 17.0 Å². The van der Waals surface area contributed by atoms with Gasteiger partial charge in [-0.1, -0.05) is 18.2 Å². The molecule has 0 atom stereocenters. The molecule has 0 unspecified atom stereocenters. The second-order valence-corrected chi connectivity index (χ2v) is 6.77. The third kappa shape index (κ3) is 3.12. The molecule has 2 heterocycles. The van der Waals surface area contributed by atoms with Crippen molar-refractivity contribution in [3.63, 3.8) is 0 Å². The average molecular weight is 387 g/mol. The number of aryl methyl sites for hydroxylation is 1. The molecule has 0 aliphatic carbocycles. The van der Waals surface area contributed by atoms with E-state index in [1.165, 1.54) is 35.9 Å². The third-order valence-electron chi connectivity index (χ3n) is 4.93. The van der Waals surface area contributed by atoms with Crippen LogP contribution >= 0.6 is 0 Å². The summed E-state index contributed by atoms with van der Waals surface area (Å²) in [5, 5.41) is 3.54. The Morgan fingerprint density at radius 3 is 2.45 bits per heavy atom. The molecule has 1 N–H and O–H groups in total. The van der Waals surface area contributed by atoms with Crippen LogP contribution in [-0.4, -0.2) is 34.2 Å². The van der Waals surface area contributed by atoms with E-state index in [9.17, 15) is 19.2 Å². The molecule has 0 saturated heterocycles. The summed E-state index contributed by atoms with van der Waals surface area (Å²) in [6, 6.07) is 13.8. The molecule has 3 aromatic rings. The second-order valence-electron chi connectivity index (χ2n) is 6.77. The Balaban J connectivity index is 1.57. The van der Waals surface area contributed by atoms with Crippen LogP contribution in [0.3, 0.4) is 0 Å². The van der Waals surface area contributed by atoms with E-state index in [2.05, 4.69) is 5.32 Å². The Hall–Kier alpha value is -4.00. The summed E-state index contributed by atoms with van der Waals surface area (Å²) in [7, 11) is 3.09.